The van der Waals surface area contributed by atoms with Crippen LogP contribution in [-0.2, 0) is 0 Å². The second-order valence-electron chi connectivity index (χ2n) is 4.20. The summed E-state index contributed by atoms with van der Waals surface area (Å²) in [6.45, 7) is 2.89. The lowest BCUT2D eigenvalue weighted by molar-refractivity contribution is -0.138. The van der Waals surface area contributed by atoms with Crippen molar-refractivity contribution in [2.24, 2.45) is 0 Å². The van der Waals surface area contributed by atoms with Crippen LogP contribution in [0.4, 0.5) is 13.2 Å². The van der Waals surface area contributed by atoms with E-state index in [4.69, 9.17) is 0 Å². The van der Waals surface area contributed by atoms with Crippen LogP contribution in [0.3, 0.4) is 0 Å². The van der Waals surface area contributed by atoms with Crippen molar-refractivity contribution in [3.05, 3.63) is 29.3 Å². The fourth-order valence-electron chi connectivity index (χ4n) is 1.50. The van der Waals surface area contributed by atoms with Gasteiger partial charge in [-0.3, -0.25) is 4.79 Å². The van der Waals surface area contributed by atoms with Crippen LogP contribution < -0.4 is 5.32 Å². The molecule has 0 saturated carbocycles. The molecule has 1 atom stereocenters. The predicted molar refractivity (Wildman–Crippen MR) is 60.4 cm³/mol. The maximum Gasteiger partial charge on any atom is 0.391 e. The minimum atomic E-state index is -4.31. The molecule has 0 aliphatic heterocycles. The van der Waals surface area contributed by atoms with Crippen molar-refractivity contribution in [1.82, 2.24) is 5.32 Å². The predicted octanol–water partition coefficient (Wildman–Crippen LogP) is 2.77. The molecule has 1 amide bonds. The molecule has 1 aromatic rings. The number of alkyl halides is 3. The number of aromatic hydroxyl groups is 1. The summed E-state index contributed by atoms with van der Waals surface area (Å²) in [7, 11) is 0. The maximum absolute atomic E-state index is 12.1. The number of hydrogen-bond donors (Lipinski definition) is 2. The first-order valence-electron chi connectivity index (χ1n) is 5.36. The topological polar surface area (TPSA) is 49.3 Å². The molecule has 6 heteroatoms. The van der Waals surface area contributed by atoms with Crippen LogP contribution in [-0.4, -0.2) is 23.2 Å². The maximum atomic E-state index is 12.1. The summed E-state index contributed by atoms with van der Waals surface area (Å²) in [5.41, 5.74) is 0.713. The zero-order valence-corrected chi connectivity index (χ0v) is 10.0. The van der Waals surface area contributed by atoms with Gasteiger partial charge in [-0.2, -0.15) is 13.2 Å². The Morgan fingerprint density at radius 3 is 2.56 bits per heavy atom. The Hall–Kier alpha value is -1.72. The third-order valence-corrected chi connectivity index (χ3v) is 2.37. The lowest BCUT2D eigenvalue weighted by atomic mass is 10.1. The molecule has 0 heterocycles. The second-order valence-corrected chi connectivity index (χ2v) is 4.20. The molecule has 100 valence electrons. The number of aryl methyl sites for hydroxylation is 1. The lowest BCUT2D eigenvalue weighted by Gasteiger charge is -2.16. The average Bonchev–Trinajstić information content (AvgIpc) is 2.18. The molecule has 0 aromatic heterocycles. The van der Waals surface area contributed by atoms with Crippen LogP contribution in [0.1, 0.15) is 29.3 Å². The zero-order chi connectivity index (χ0) is 13.9. The van der Waals surface area contributed by atoms with Crippen LogP contribution >= 0.6 is 0 Å². The summed E-state index contributed by atoms with van der Waals surface area (Å²) in [5, 5.41) is 11.5. The van der Waals surface area contributed by atoms with E-state index < -0.39 is 24.5 Å². The molecule has 0 fully saturated rings. The van der Waals surface area contributed by atoms with Crippen molar-refractivity contribution in [3.8, 4) is 5.75 Å². The number of amides is 1. The molecule has 0 aliphatic rings. The van der Waals surface area contributed by atoms with Gasteiger partial charge in [0.1, 0.15) is 5.75 Å². The molecule has 1 aromatic carbocycles. The number of rotatable bonds is 3. The Labute approximate surface area is 103 Å². The van der Waals surface area contributed by atoms with Crippen molar-refractivity contribution in [1.29, 1.82) is 0 Å². The van der Waals surface area contributed by atoms with Gasteiger partial charge in [-0.25, -0.2) is 0 Å². The van der Waals surface area contributed by atoms with Gasteiger partial charge in [0.15, 0.2) is 0 Å². The summed E-state index contributed by atoms with van der Waals surface area (Å²) in [6.07, 6.45) is -5.38. The number of benzene rings is 1. The number of hydrogen-bond acceptors (Lipinski definition) is 2. The van der Waals surface area contributed by atoms with E-state index in [1.54, 1.807) is 6.92 Å². The van der Waals surface area contributed by atoms with E-state index in [9.17, 15) is 23.1 Å². The quantitative estimate of drug-likeness (QED) is 0.879. The van der Waals surface area contributed by atoms with Gasteiger partial charge in [-0.15, -0.1) is 0 Å². The summed E-state index contributed by atoms with van der Waals surface area (Å²) in [5.74, 6) is -0.551. The highest BCUT2D eigenvalue weighted by atomic mass is 19.4. The van der Waals surface area contributed by atoms with Crippen LogP contribution in [0, 0.1) is 6.92 Å². The summed E-state index contributed by atoms with van der Waals surface area (Å²) in [4.78, 5) is 11.6. The van der Waals surface area contributed by atoms with E-state index >= 15 is 0 Å². The van der Waals surface area contributed by atoms with Crippen molar-refractivity contribution in [2.45, 2.75) is 32.5 Å². The first kappa shape index (κ1) is 14.3. The van der Waals surface area contributed by atoms with Crippen molar-refractivity contribution in [2.75, 3.05) is 0 Å². The zero-order valence-electron chi connectivity index (χ0n) is 10.0. The molecule has 18 heavy (non-hydrogen) atoms. The Kier molecular flexibility index (Phi) is 4.21. The van der Waals surface area contributed by atoms with Gasteiger partial charge >= 0.3 is 6.18 Å². The molecule has 1 rings (SSSR count). The fraction of sp³-hybridized carbons (Fsp3) is 0.417. The van der Waals surface area contributed by atoms with E-state index in [0.717, 1.165) is 0 Å². The molecule has 1 unspecified atom stereocenters. The molecule has 0 radical (unpaired) electrons. The lowest BCUT2D eigenvalue weighted by Crippen LogP contribution is -2.35. The highest BCUT2D eigenvalue weighted by Crippen LogP contribution is 2.22. The number of nitrogens with one attached hydrogen (secondary N) is 1. The third kappa shape index (κ3) is 4.27. The van der Waals surface area contributed by atoms with Gasteiger partial charge < -0.3 is 10.4 Å². The van der Waals surface area contributed by atoms with Gasteiger partial charge in [0, 0.05) is 11.6 Å². The fourth-order valence-corrected chi connectivity index (χ4v) is 1.50. The molecular weight excluding hydrogens is 247 g/mol. The molecule has 0 bridgehead atoms. The Morgan fingerprint density at radius 2 is 2.06 bits per heavy atom. The number of phenolic OH excluding ortho intramolecular Hbond substituents is 1. The number of carbonyl (C=O) groups is 1. The Bertz CT molecular complexity index is 443. The van der Waals surface area contributed by atoms with Gasteiger partial charge in [0.2, 0.25) is 0 Å². The average molecular weight is 261 g/mol. The largest absolute Gasteiger partial charge is 0.508 e. The first-order valence-corrected chi connectivity index (χ1v) is 5.36. The van der Waals surface area contributed by atoms with Crippen LogP contribution in [0.15, 0.2) is 18.2 Å². The summed E-state index contributed by atoms with van der Waals surface area (Å²) < 4.78 is 36.3. The molecule has 2 N–H and O–H groups in total. The van der Waals surface area contributed by atoms with E-state index in [1.807, 2.05) is 0 Å². The number of carbonyl (C=O) groups excluding carboxylic acids is 1. The molecule has 3 nitrogen and oxygen atoms in total. The Balaban J connectivity index is 2.68. The van der Waals surface area contributed by atoms with E-state index in [2.05, 4.69) is 5.32 Å². The minimum Gasteiger partial charge on any atom is -0.508 e. The summed E-state index contributed by atoms with van der Waals surface area (Å²) >= 11 is 0. The van der Waals surface area contributed by atoms with Gasteiger partial charge in [0.25, 0.3) is 5.91 Å². The van der Waals surface area contributed by atoms with E-state index in [1.165, 1.54) is 25.1 Å². The van der Waals surface area contributed by atoms with Crippen LogP contribution in [0.25, 0.3) is 0 Å². The van der Waals surface area contributed by atoms with E-state index in [0.29, 0.717) is 5.56 Å². The molecule has 0 spiro atoms. The normalized spacial score (nSPS) is 13.2. The van der Waals surface area contributed by atoms with Gasteiger partial charge in [0.05, 0.1) is 6.42 Å². The monoisotopic (exact) mass is 261 g/mol. The molecule has 0 saturated heterocycles. The smallest absolute Gasteiger partial charge is 0.391 e. The standard InChI is InChI=1S/C12H14F3NO2/c1-7-5-9(3-4-10(7)17)11(18)16-8(2)6-12(13,14)15/h3-5,8,17H,6H2,1-2H3,(H,16,18). The second kappa shape index (κ2) is 5.29. The first-order chi connectivity index (χ1) is 8.19. The van der Waals surface area contributed by atoms with Crippen molar-refractivity contribution < 1.29 is 23.1 Å². The Morgan fingerprint density at radius 1 is 1.44 bits per heavy atom. The molecular formula is C12H14F3NO2. The highest BCUT2D eigenvalue weighted by molar-refractivity contribution is 5.94. The third-order valence-electron chi connectivity index (χ3n) is 2.37. The number of halogens is 3. The highest BCUT2D eigenvalue weighted by Gasteiger charge is 2.30. The van der Waals surface area contributed by atoms with Crippen molar-refractivity contribution in [3.63, 3.8) is 0 Å². The summed E-state index contributed by atoms with van der Waals surface area (Å²) in [6, 6.07) is 3.12. The van der Waals surface area contributed by atoms with Gasteiger partial charge in [-0.05, 0) is 37.6 Å². The molecule has 0 aliphatic carbocycles. The van der Waals surface area contributed by atoms with Gasteiger partial charge in [-0.1, -0.05) is 0 Å². The van der Waals surface area contributed by atoms with Crippen LogP contribution in [0.5, 0.6) is 5.75 Å². The number of phenols is 1. The van der Waals surface area contributed by atoms with Crippen LogP contribution in [0.2, 0.25) is 0 Å². The van der Waals surface area contributed by atoms with E-state index in [-0.39, 0.29) is 11.3 Å². The van der Waals surface area contributed by atoms with Crippen molar-refractivity contribution >= 4 is 5.91 Å². The SMILES string of the molecule is Cc1cc(C(=O)NC(C)CC(F)(F)F)ccc1O. The minimum absolute atomic E-state index is 0.0369.